The van der Waals surface area contributed by atoms with Crippen molar-refractivity contribution in [3.05, 3.63) is 17.5 Å². The van der Waals surface area contributed by atoms with Gasteiger partial charge in [-0.05, 0) is 0 Å². The van der Waals surface area contributed by atoms with Gasteiger partial charge in [0.2, 0.25) is 0 Å². The Bertz CT molecular complexity index is 555. The standard InChI is InChI=1S/C12H17N5O3/c1-15-10(9(5-14-15)11(18)19)7-16-2-3-17-8(6-16)4-13-12(17)20/h5,8H,2-4,6-7H2,1H3,(H,13,20)(H,18,19). The summed E-state index contributed by atoms with van der Waals surface area (Å²) in [4.78, 5) is 26.7. The number of urea groups is 1. The van der Waals surface area contributed by atoms with E-state index in [-0.39, 0.29) is 17.6 Å². The lowest BCUT2D eigenvalue weighted by Crippen LogP contribution is -2.51. The maximum Gasteiger partial charge on any atom is 0.339 e. The predicted molar refractivity (Wildman–Crippen MR) is 69.3 cm³/mol. The molecule has 1 aromatic rings. The number of fused-ring (bicyclic) bond motifs is 1. The number of aromatic carboxylic acids is 1. The van der Waals surface area contributed by atoms with E-state index in [4.69, 9.17) is 5.11 Å². The second kappa shape index (κ2) is 4.78. The van der Waals surface area contributed by atoms with Crippen LogP contribution >= 0.6 is 0 Å². The highest BCUT2D eigenvalue weighted by atomic mass is 16.4. The number of rotatable bonds is 3. The Hall–Kier alpha value is -2.09. The Balaban J connectivity index is 1.72. The molecule has 8 nitrogen and oxygen atoms in total. The first-order valence-electron chi connectivity index (χ1n) is 6.57. The van der Waals surface area contributed by atoms with Crippen LogP contribution in [0, 0.1) is 0 Å². The van der Waals surface area contributed by atoms with Crippen molar-refractivity contribution in [2.24, 2.45) is 7.05 Å². The number of nitrogens with zero attached hydrogens (tertiary/aromatic N) is 4. The van der Waals surface area contributed by atoms with Crippen molar-refractivity contribution in [3.8, 4) is 0 Å². The molecule has 0 aliphatic carbocycles. The molecule has 0 radical (unpaired) electrons. The summed E-state index contributed by atoms with van der Waals surface area (Å²) in [5.74, 6) is -0.954. The van der Waals surface area contributed by atoms with Crippen molar-refractivity contribution in [2.45, 2.75) is 12.6 Å². The number of carboxylic acid groups (broad SMARTS) is 1. The molecule has 1 unspecified atom stereocenters. The zero-order valence-corrected chi connectivity index (χ0v) is 11.2. The number of nitrogens with one attached hydrogen (secondary N) is 1. The first kappa shape index (κ1) is 12.9. The van der Waals surface area contributed by atoms with Crippen LogP contribution in [0.5, 0.6) is 0 Å². The summed E-state index contributed by atoms with van der Waals surface area (Å²) in [5.41, 5.74) is 0.943. The van der Waals surface area contributed by atoms with Gasteiger partial charge in [-0.15, -0.1) is 0 Å². The van der Waals surface area contributed by atoms with Crippen molar-refractivity contribution in [1.29, 1.82) is 0 Å². The Labute approximate surface area is 115 Å². The number of carbonyl (C=O) groups is 2. The predicted octanol–water partition coefficient (Wildman–Crippen LogP) is -0.672. The van der Waals surface area contributed by atoms with E-state index in [0.29, 0.717) is 25.3 Å². The third-order valence-electron chi connectivity index (χ3n) is 3.98. The third-order valence-corrected chi connectivity index (χ3v) is 3.98. The van der Waals surface area contributed by atoms with E-state index in [0.717, 1.165) is 13.1 Å². The van der Waals surface area contributed by atoms with Crippen LogP contribution in [0.25, 0.3) is 0 Å². The van der Waals surface area contributed by atoms with E-state index in [1.807, 2.05) is 4.90 Å². The summed E-state index contributed by atoms with van der Waals surface area (Å²) in [6.07, 6.45) is 1.38. The largest absolute Gasteiger partial charge is 0.478 e. The minimum atomic E-state index is -0.954. The van der Waals surface area contributed by atoms with Crippen LogP contribution < -0.4 is 5.32 Å². The van der Waals surface area contributed by atoms with E-state index < -0.39 is 5.97 Å². The molecule has 3 heterocycles. The fourth-order valence-corrected chi connectivity index (χ4v) is 2.85. The van der Waals surface area contributed by atoms with Gasteiger partial charge in [-0.2, -0.15) is 5.10 Å². The van der Waals surface area contributed by atoms with Crippen molar-refractivity contribution >= 4 is 12.0 Å². The second-order valence-corrected chi connectivity index (χ2v) is 5.20. The normalized spacial score (nSPS) is 22.8. The molecule has 3 rings (SSSR count). The van der Waals surface area contributed by atoms with Gasteiger partial charge in [0.25, 0.3) is 0 Å². The second-order valence-electron chi connectivity index (χ2n) is 5.20. The van der Waals surface area contributed by atoms with Gasteiger partial charge in [-0.25, -0.2) is 9.59 Å². The van der Waals surface area contributed by atoms with Gasteiger partial charge >= 0.3 is 12.0 Å². The van der Waals surface area contributed by atoms with E-state index in [1.165, 1.54) is 6.20 Å². The number of aromatic nitrogens is 2. The zero-order chi connectivity index (χ0) is 14.3. The van der Waals surface area contributed by atoms with E-state index in [2.05, 4.69) is 15.3 Å². The van der Waals surface area contributed by atoms with E-state index in [9.17, 15) is 9.59 Å². The summed E-state index contributed by atoms with van der Waals surface area (Å²) < 4.78 is 1.61. The highest BCUT2D eigenvalue weighted by molar-refractivity contribution is 5.88. The zero-order valence-electron chi connectivity index (χ0n) is 11.2. The van der Waals surface area contributed by atoms with Crippen LogP contribution in [0.2, 0.25) is 0 Å². The van der Waals surface area contributed by atoms with Gasteiger partial charge in [0.1, 0.15) is 5.56 Å². The number of amides is 2. The Morgan fingerprint density at radius 1 is 1.55 bits per heavy atom. The third kappa shape index (κ3) is 2.11. The van der Waals surface area contributed by atoms with Crippen LogP contribution in [-0.4, -0.2) is 68.9 Å². The smallest absolute Gasteiger partial charge is 0.339 e. The molecule has 2 fully saturated rings. The molecule has 1 aromatic heterocycles. The molecule has 108 valence electrons. The van der Waals surface area contributed by atoms with Crippen molar-refractivity contribution in [2.75, 3.05) is 26.2 Å². The van der Waals surface area contributed by atoms with Crippen LogP contribution in [0.15, 0.2) is 6.20 Å². The lowest BCUT2D eigenvalue weighted by atomic mass is 10.1. The number of carbonyl (C=O) groups excluding carboxylic acids is 1. The lowest BCUT2D eigenvalue weighted by Gasteiger charge is -2.36. The molecule has 20 heavy (non-hydrogen) atoms. The number of piperazine rings is 1. The minimum absolute atomic E-state index is 0.00130. The first-order chi connectivity index (χ1) is 9.56. The van der Waals surface area contributed by atoms with Crippen molar-refractivity contribution in [1.82, 2.24) is 24.9 Å². The van der Waals surface area contributed by atoms with Gasteiger partial charge in [0, 0.05) is 39.8 Å². The Morgan fingerprint density at radius 2 is 2.35 bits per heavy atom. The first-order valence-corrected chi connectivity index (χ1v) is 6.57. The highest BCUT2D eigenvalue weighted by Crippen LogP contribution is 2.18. The SMILES string of the molecule is Cn1ncc(C(=O)O)c1CN1CCN2C(=O)NCC2C1. The molecule has 2 aliphatic rings. The fourth-order valence-electron chi connectivity index (χ4n) is 2.85. The number of hydrogen-bond acceptors (Lipinski definition) is 4. The van der Waals surface area contributed by atoms with E-state index >= 15 is 0 Å². The minimum Gasteiger partial charge on any atom is -0.478 e. The van der Waals surface area contributed by atoms with Gasteiger partial charge in [-0.1, -0.05) is 0 Å². The van der Waals surface area contributed by atoms with Crippen LogP contribution in [0.3, 0.4) is 0 Å². The van der Waals surface area contributed by atoms with Crippen molar-refractivity contribution < 1.29 is 14.7 Å². The van der Waals surface area contributed by atoms with Gasteiger partial charge in [0.15, 0.2) is 0 Å². The summed E-state index contributed by atoms with van der Waals surface area (Å²) in [6, 6.07) is 0.180. The van der Waals surface area contributed by atoms with E-state index in [1.54, 1.807) is 11.7 Å². The fraction of sp³-hybridized carbons (Fsp3) is 0.583. The topological polar surface area (TPSA) is 90.7 Å². The molecule has 8 heteroatoms. The van der Waals surface area contributed by atoms with Gasteiger partial charge in [0.05, 0.1) is 17.9 Å². The van der Waals surface area contributed by atoms with Crippen LogP contribution in [0.4, 0.5) is 4.79 Å². The quantitative estimate of drug-likeness (QED) is 0.765. The summed E-state index contributed by atoms with van der Waals surface area (Å²) in [7, 11) is 1.75. The molecule has 0 aromatic carbocycles. The molecule has 1 atom stereocenters. The molecule has 0 saturated carbocycles. The molecule has 2 N–H and O–H groups in total. The van der Waals surface area contributed by atoms with Gasteiger partial charge < -0.3 is 15.3 Å². The lowest BCUT2D eigenvalue weighted by molar-refractivity contribution is 0.0692. The van der Waals surface area contributed by atoms with Gasteiger partial charge in [-0.3, -0.25) is 9.58 Å². The number of carboxylic acids is 1. The monoisotopic (exact) mass is 279 g/mol. The Morgan fingerprint density at radius 3 is 3.10 bits per heavy atom. The summed E-state index contributed by atoms with van der Waals surface area (Å²) >= 11 is 0. The average molecular weight is 279 g/mol. The molecule has 0 spiro atoms. The maximum absolute atomic E-state index is 11.5. The average Bonchev–Trinajstić information content (AvgIpc) is 2.95. The summed E-state index contributed by atoms with van der Waals surface area (Å²) in [5, 5.41) is 16.0. The summed E-state index contributed by atoms with van der Waals surface area (Å²) in [6.45, 7) is 3.37. The number of aryl methyl sites for hydroxylation is 1. The maximum atomic E-state index is 11.5. The van der Waals surface area contributed by atoms with Crippen molar-refractivity contribution in [3.63, 3.8) is 0 Å². The van der Waals surface area contributed by atoms with Crippen LogP contribution in [-0.2, 0) is 13.6 Å². The molecular formula is C12H17N5O3. The highest BCUT2D eigenvalue weighted by Gasteiger charge is 2.35. The molecule has 2 amide bonds. The molecule has 0 bridgehead atoms. The molecule has 2 saturated heterocycles. The van der Waals surface area contributed by atoms with Crippen LogP contribution in [0.1, 0.15) is 16.1 Å². The Kier molecular flexibility index (Phi) is 3.09. The molecular weight excluding hydrogens is 262 g/mol. The number of hydrogen-bond donors (Lipinski definition) is 2. The molecule has 2 aliphatic heterocycles.